The van der Waals surface area contributed by atoms with Crippen molar-refractivity contribution >= 4 is 28.0 Å². The molecule has 176 valence electrons. The number of anilines is 1. The number of aryl methyl sites for hydroxylation is 1. The van der Waals surface area contributed by atoms with Crippen LogP contribution in [0.2, 0.25) is 0 Å². The number of carbonyl (C=O) groups excluding carboxylic acids is 2. The summed E-state index contributed by atoms with van der Waals surface area (Å²) in [7, 11) is 1.62. The van der Waals surface area contributed by atoms with E-state index in [-0.39, 0.29) is 29.4 Å². The third kappa shape index (κ3) is 3.76. The molecule has 1 unspecified atom stereocenters. The summed E-state index contributed by atoms with van der Waals surface area (Å²) in [6, 6.07) is 10.1. The highest BCUT2D eigenvalue weighted by atomic mass is 32.1. The fourth-order valence-electron chi connectivity index (χ4n) is 5.87. The maximum atomic E-state index is 13.8. The molecule has 3 aliphatic rings. The molecule has 1 aromatic heterocycles. The van der Waals surface area contributed by atoms with Crippen molar-refractivity contribution in [1.29, 1.82) is 5.26 Å². The Morgan fingerprint density at radius 2 is 1.88 bits per heavy atom. The zero-order valence-electron chi connectivity index (χ0n) is 20.1. The molecule has 34 heavy (non-hydrogen) atoms. The Bertz CT molecular complexity index is 1250. The standard InChI is InChI=1S/C28H30N2O3S/c1-28(2)14-21-26(22(31)15-28)19(17-9-7-8-11-23(17)33-3)13-25(32)30(21)27-20(16-29)18-10-5-4-6-12-24(18)34-27/h7-9,11,19H,4-6,10,12-15H2,1-3H3. The Kier molecular flexibility index (Phi) is 5.85. The summed E-state index contributed by atoms with van der Waals surface area (Å²) in [5.74, 6) is 0.407. The van der Waals surface area contributed by atoms with Gasteiger partial charge in [-0.2, -0.15) is 5.26 Å². The first-order valence-electron chi connectivity index (χ1n) is 12.1. The molecule has 0 spiro atoms. The van der Waals surface area contributed by atoms with E-state index in [1.165, 1.54) is 11.3 Å². The molecule has 1 aliphatic heterocycles. The van der Waals surface area contributed by atoms with Crippen LogP contribution in [0.15, 0.2) is 35.5 Å². The summed E-state index contributed by atoms with van der Waals surface area (Å²) >= 11 is 1.58. The van der Waals surface area contributed by atoms with Crippen LogP contribution in [0.3, 0.4) is 0 Å². The van der Waals surface area contributed by atoms with E-state index in [4.69, 9.17) is 4.74 Å². The van der Waals surface area contributed by atoms with Gasteiger partial charge < -0.3 is 4.74 Å². The highest BCUT2D eigenvalue weighted by molar-refractivity contribution is 7.16. The summed E-state index contributed by atoms with van der Waals surface area (Å²) in [5, 5.41) is 10.9. The smallest absolute Gasteiger partial charge is 0.232 e. The van der Waals surface area contributed by atoms with E-state index in [0.717, 1.165) is 53.1 Å². The molecule has 1 atom stereocenters. The number of para-hydroxylation sites is 1. The number of thiophene rings is 1. The maximum absolute atomic E-state index is 13.8. The zero-order valence-corrected chi connectivity index (χ0v) is 20.9. The van der Waals surface area contributed by atoms with Crippen molar-refractivity contribution in [3.05, 3.63) is 57.1 Å². The lowest BCUT2D eigenvalue weighted by Crippen LogP contribution is -2.43. The SMILES string of the molecule is COc1ccccc1C1CC(=O)N(c2sc3c(c2C#N)CCCCC3)C2=C1C(=O)CC(C)(C)C2. The molecular formula is C28H30N2O3S. The first kappa shape index (κ1) is 22.9. The number of ether oxygens (including phenoxy) is 1. The van der Waals surface area contributed by atoms with Crippen molar-refractivity contribution in [3.8, 4) is 11.8 Å². The summed E-state index contributed by atoms with van der Waals surface area (Å²) < 4.78 is 5.60. The summed E-state index contributed by atoms with van der Waals surface area (Å²) in [6.07, 6.45) is 6.46. The van der Waals surface area contributed by atoms with Crippen LogP contribution < -0.4 is 9.64 Å². The topological polar surface area (TPSA) is 70.4 Å². The number of nitrogens with zero attached hydrogens (tertiary/aromatic N) is 2. The van der Waals surface area contributed by atoms with Gasteiger partial charge in [-0.3, -0.25) is 14.5 Å². The van der Waals surface area contributed by atoms with Crippen LogP contribution >= 0.6 is 11.3 Å². The van der Waals surface area contributed by atoms with E-state index in [0.29, 0.717) is 24.2 Å². The number of allylic oxidation sites excluding steroid dienone is 2. The summed E-state index contributed by atoms with van der Waals surface area (Å²) in [5.41, 5.74) is 3.87. The Morgan fingerprint density at radius 3 is 2.65 bits per heavy atom. The van der Waals surface area contributed by atoms with E-state index < -0.39 is 0 Å². The van der Waals surface area contributed by atoms with Gasteiger partial charge >= 0.3 is 0 Å². The van der Waals surface area contributed by atoms with Crippen molar-refractivity contribution in [2.45, 2.75) is 71.1 Å². The predicted molar refractivity (Wildman–Crippen MR) is 133 cm³/mol. The number of Topliss-reactive ketones (excluding diaryl/α,β-unsaturated/α-hetero) is 1. The van der Waals surface area contributed by atoms with Crippen LogP contribution in [0.25, 0.3) is 0 Å². The number of hydrogen-bond donors (Lipinski definition) is 0. The number of carbonyl (C=O) groups is 2. The molecule has 0 radical (unpaired) electrons. The van der Waals surface area contributed by atoms with Gasteiger partial charge in [0.2, 0.25) is 5.91 Å². The lowest BCUT2D eigenvalue weighted by molar-refractivity contribution is -0.120. The van der Waals surface area contributed by atoms with Crippen molar-refractivity contribution in [1.82, 2.24) is 0 Å². The zero-order chi connectivity index (χ0) is 24.0. The number of benzene rings is 1. The van der Waals surface area contributed by atoms with E-state index in [1.807, 2.05) is 24.3 Å². The van der Waals surface area contributed by atoms with Gasteiger partial charge in [0, 0.05) is 40.5 Å². The molecule has 2 heterocycles. The second-order valence-corrected chi connectivity index (χ2v) is 11.5. The molecule has 0 bridgehead atoms. The first-order valence-corrected chi connectivity index (χ1v) is 12.9. The van der Waals surface area contributed by atoms with Gasteiger partial charge in [-0.15, -0.1) is 11.3 Å². The number of ketones is 1. The molecular weight excluding hydrogens is 444 g/mol. The van der Waals surface area contributed by atoms with E-state index in [9.17, 15) is 14.9 Å². The average molecular weight is 475 g/mol. The van der Waals surface area contributed by atoms with Crippen LogP contribution in [0, 0.1) is 16.7 Å². The third-order valence-corrected chi connectivity index (χ3v) is 8.65. The maximum Gasteiger partial charge on any atom is 0.232 e. The Balaban J connectivity index is 1.71. The molecule has 0 N–H and O–H groups in total. The van der Waals surface area contributed by atoms with Crippen LogP contribution in [0.1, 0.15) is 79.9 Å². The van der Waals surface area contributed by atoms with Gasteiger partial charge in [0.15, 0.2) is 5.78 Å². The Morgan fingerprint density at radius 1 is 1.12 bits per heavy atom. The normalized spacial score (nSPS) is 22.1. The summed E-state index contributed by atoms with van der Waals surface area (Å²) in [4.78, 5) is 30.4. The molecule has 0 saturated heterocycles. The van der Waals surface area contributed by atoms with E-state index in [2.05, 4.69) is 19.9 Å². The molecule has 5 rings (SSSR count). The molecule has 1 amide bonds. The number of methoxy groups -OCH3 is 1. The largest absolute Gasteiger partial charge is 0.496 e. The average Bonchev–Trinajstić information content (AvgIpc) is 2.97. The van der Waals surface area contributed by atoms with Crippen LogP contribution in [-0.4, -0.2) is 18.8 Å². The lowest BCUT2D eigenvalue weighted by Gasteiger charge is -2.42. The predicted octanol–water partition coefficient (Wildman–Crippen LogP) is 6.06. The van der Waals surface area contributed by atoms with E-state index in [1.54, 1.807) is 23.3 Å². The second kappa shape index (κ2) is 8.70. The fraction of sp³-hybridized carbons (Fsp3) is 0.464. The Hall–Kier alpha value is -2.91. The first-order chi connectivity index (χ1) is 16.3. The van der Waals surface area contributed by atoms with Crippen molar-refractivity contribution in [2.75, 3.05) is 12.0 Å². The molecule has 0 saturated carbocycles. The molecule has 2 aliphatic carbocycles. The minimum absolute atomic E-state index is 0.0481. The quantitative estimate of drug-likeness (QED) is 0.507. The van der Waals surface area contributed by atoms with Gasteiger partial charge in [0.1, 0.15) is 16.8 Å². The number of nitriles is 1. The monoisotopic (exact) mass is 474 g/mol. The molecule has 1 aromatic carbocycles. The Labute approximate surface area is 205 Å². The minimum Gasteiger partial charge on any atom is -0.496 e. The number of rotatable bonds is 3. The van der Waals surface area contributed by atoms with Gasteiger partial charge in [-0.1, -0.05) is 38.5 Å². The van der Waals surface area contributed by atoms with E-state index >= 15 is 0 Å². The molecule has 2 aromatic rings. The number of amides is 1. The molecule has 5 nitrogen and oxygen atoms in total. The fourth-order valence-corrected chi connectivity index (χ4v) is 7.25. The van der Waals surface area contributed by atoms with Gasteiger partial charge in [-0.05, 0) is 49.1 Å². The van der Waals surface area contributed by atoms with Gasteiger partial charge in [0.25, 0.3) is 0 Å². The van der Waals surface area contributed by atoms with Gasteiger partial charge in [0.05, 0.1) is 12.7 Å². The van der Waals surface area contributed by atoms with Gasteiger partial charge in [-0.25, -0.2) is 0 Å². The number of hydrogen-bond acceptors (Lipinski definition) is 5. The van der Waals surface area contributed by atoms with Crippen LogP contribution in [-0.2, 0) is 22.4 Å². The molecule has 0 fully saturated rings. The third-order valence-electron chi connectivity index (χ3n) is 7.37. The number of fused-ring (bicyclic) bond motifs is 1. The van der Waals surface area contributed by atoms with Crippen molar-refractivity contribution in [3.63, 3.8) is 0 Å². The summed E-state index contributed by atoms with van der Waals surface area (Å²) in [6.45, 7) is 4.16. The van der Waals surface area contributed by atoms with Crippen LogP contribution in [0.4, 0.5) is 5.00 Å². The highest BCUT2D eigenvalue weighted by Crippen LogP contribution is 2.51. The van der Waals surface area contributed by atoms with Crippen LogP contribution in [0.5, 0.6) is 5.75 Å². The highest BCUT2D eigenvalue weighted by Gasteiger charge is 2.46. The lowest BCUT2D eigenvalue weighted by atomic mass is 9.69. The minimum atomic E-state index is -0.332. The van der Waals surface area contributed by atoms with Crippen molar-refractivity contribution < 1.29 is 14.3 Å². The molecule has 6 heteroatoms. The van der Waals surface area contributed by atoms with Crippen molar-refractivity contribution in [2.24, 2.45) is 5.41 Å². The second-order valence-electron chi connectivity index (χ2n) is 10.4.